The van der Waals surface area contributed by atoms with Gasteiger partial charge in [-0.3, -0.25) is 0 Å². The molecule has 0 radical (unpaired) electrons. The van der Waals surface area contributed by atoms with Crippen LogP contribution in [0.5, 0.6) is 0 Å². The van der Waals surface area contributed by atoms with E-state index >= 15 is 0 Å². The Bertz CT molecular complexity index is 293. The highest BCUT2D eigenvalue weighted by Gasteiger charge is 2.63. The molecular formula is C12H22O4. The smallest absolute Gasteiger partial charge is 0.119 e. The van der Waals surface area contributed by atoms with Crippen molar-refractivity contribution >= 4 is 0 Å². The average molecular weight is 230 g/mol. The lowest BCUT2D eigenvalue weighted by atomic mass is 9.72. The number of rotatable bonds is 2. The van der Waals surface area contributed by atoms with E-state index < -0.39 is 28.8 Å². The molecule has 94 valence electrons. The molecule has 4 N–H and O–H groups in total. The van der Waals surface area contributed by atoms with Crippen LogP contribution >= 0.6 is 0 Å². The van der Waals surface area contributed by atoms with Crippen molar-refractivity contribution < 1.29 is 20.4 Å². The fourth-order valence-electron chi connectivity index (χ4n) is 2.41. The molecular weight excluding hydrogens is 208 g/mol. The molecule has 0 aromatic carbocycles. The van der Waals surface area contributed by atoms with Gasteiger partial charge in [0.25, 0.3) is 0 Å². The van der Waals surface area contributed by atoms with Crippen LogP contribution in [0.15, 0.2) is 12.2 Å². The van der Waals surface area contributed by atoms with E-state index in [4.69, 9.17) is 0 Å². The summed E-state index contributed by atoms with van der Waals surface area (Å²) in [5.74, 6) is 0. The summed E-state index contributed by atoms with van der Waals surface area (Å²) >= 11 is 0. The van der Waals surface area contributed by atoms with Crippen molar-refractivity contribution in [1.29, 1.82) is 0 Å². The molecule has 1 saturated carbocycles. The molecule has 4 heteroatoms. The molecule has 1 aliphatic rings. The van der Waals surface area contributed by atoms with Gasteiger partial charge >= 0.3 is 0 Å². The molecule has 4 atom stereocenters. The molecule has 0 aromatic heterocycles. The van der Waals surface area contributed by atoms with Gasteiger partial charge in [-0.05, 0) is 13.8 Å². The maximum atomic E-state index is 10.6. The second-order valence-corrected chi connectivity index (χ2v) is 5.58. The Morgan fingerprint density at radius 1 is 1.25 bits per heavy atom. The average Bonchev–Trinajstić information content (AvgIpc) is 2.22. The molecule has 1 rings (SSSR count). The van der Waals surface area contributed by atoms with Crippen molar-refractivity contribution in [2.45, 2.75) is 57.5 Å². The fraction of sp³-hybridized carbons (Fsp3) is 0.833. The van der Waals surface area contributed by atoms with Gasteiger partial charge in [-0.25, -0.2) is 0 Å². The first-order valence-electron chi connectivity index (χ1n) is 5.55. The fourth-order valence-corrected chi connectivity index (χ4v) is 2.41. The zero-order valence-electron chi connectivity index (χ0n) is 10.3. The standard InChI is InChI=1S/C12H22O4/c1-8(13)5-6-12(16)10(2,3)9(14)7-11(12,4)15/h5-6,8-9,13-16H,7H2,1-4H3/b6-5+. The lowest BCUT2D eigenvalue weighted by molar-refractivity contribution is -0.136. The summed E-state index contributed by atoms with van der Waals surface area (Å²) < 4.78 is 0. The van der Waals surface area contributed by atoms with Gasteiger partial charge in [-0.2, -0.15) is 0 Å². The molecule has 0 saturated heterocycles. The molecule has 0 spiro atoms. The summed E-state index contributed by atoms with van der Waals surface area (Å²) in [7, 11) is 0. The summed E-state index contributed by atoms with van der Waals surface area (Å²) in [5.41, 5.74) is -3.81. The van der Waals surface area contributed by atoms with Gasteiger partial charge in [0.2, 0.25) is 0 Å². The van der Waals surface area contributed by atoms with Crippen LogP contribution in [-0.2, 0) is 0 Å². The van der Waals surface area contributed by atoms with E-state index in [-0.39, 0.29) is 6.42 Å². The van der Waals surface area contributed by atoms with Crippen LogP contribution in [0, 0.1) is 5.41 Å². The molecule has 4 unspecified atom stereocenters. The Hall–Kier alpha value is -0.420. The predicted octanol–water partition coefficient (Wildman–Crippen LogP) is 0.196. The second kappa shape index (κ2) is 3.81. The van der Waals surface area contributed by atoms with Crippen LogP contribution in [0.4, 0.5) is 0 Å². The molecule has 4 nitrogen and oxygen atoms in total. The molecule has 0 heterocycles. The van der Waals surface area contributed by atoms with Crippen LogP contribution in [0.1, 0.15) is 34.1 Å². The molecule has 0 amide bonds. The third-order valence-corrected chi connectivity index (χ3v) is 3.84. The van der Waals surface area contributed by atoms with Gasteiger partial charge in [-0.15, -0.1) is 0 Å². The summed E-state index contributed by atoms with van der Waals surface area (Å²) in [6, 6.07) is 0. The first-order chi connectivity index (χ1) is 7.04. The monoisotopic (exact) mass is 230 g/mol. The number of aliphatic hydroxyl groups excluding tert-OH is 2. The Labute approximate surface area is 96.2 Å². The van der Waals surface area contributed by atoms with E-state index in [2.05, 4.69) is 0 Å². The summed E-state index contributed by atoms with van der Waals surface area (Å²) in [5, 5.41) is 39.8. The van der Waals surface area contributed by atoms with Crippen molar-refractivity contribution in [2.24, 2.45) is 5.41 Å². The van der Waals surface area contributed by atoms with E-state index in [0.717, 1.165) is 0 Å². The van der Waals surface area contributed by atoms with Crippen LogP contribution in [0.25, 0.3) is 0 Å². The number of hydrogen-bond acceptors (Lipinski definition) is 4. The molecule has 16 heavy (non-hydrogen) atoms. The molecule has 0 bridgehead atoms. The van der Waals surface area contributed by atoms with E-state index in [1.165, 1.54) is 19.1 Å². The van der Waals surface area contributed by atoms with Gasteiger partial charge in [0.05, 0.1) is 17.8 Å². The first-order valence-corrected chi connectivity index (χ1v) is 5.55. The number of aliphatic hydroxyl groups is 4. The van der Waals surface area contributed by atoms with Gasteiger partial charge < -0.3 is 20.4 Å². The molecule has 1 fully saturated rings. The first kappa shape index (κ1) is 13.6. The van der Waals surface area contributed by atoms with E-state index in [0.29, 0.717) is 0 Å². The largest absolute Gasteiger partial charge is 0.392 e. The lowest BCUT2D eigenvalue weighted by Crippen LogP contribution is -2.54. The Morgan fingerprint density at radius 2 is 1.75 bits per heavy atom. The highest BCUT2D eigenvalue weighted by Crippen LogP contribution is 2.52. The third-order valence-electron chi connectivity index (χ3n) is 3.84. The van der Waals surface area contributed by atoms with Crippen molar-refractivity contribution in [2.75, 3.05) is 0 Å². The Morgan fingerprint density at radius 3 is 2.06 bits per heavy atom. The van der Waals surface area contributed by atoms with Crippen molar-refractivity contribution in [3.63, 3.8) is 0 Å². The van der Waals surface area contributed by atoms with E-state index in [9.17, 15) is 20.4 Å². The molecule has 1 aliphatic carbocycles. The normalized spacial score (nSPS) is 45.1. The second-order valence-electron chi connectivity index (χ2n) is 5.58. The minimum absolute atomic E-state index is 0.112. The SMILES string of the molecule is CC(O)/C=C/C1(O)C(C)(O)CC(O)C1(C)C. The summed E-state index contributed by atoms with van der Waals surface area (Å²) in [6.45, 7) is 6.46. The maximum Gasteiger partial charge on any atom is 0.119 e. The summed E-state index contributed by atoms with van der Waals surface area (Å²) in [6.07, 6.45) is 1.45. The van der Waals surface area contributed by atoms with Crippen LogP contribution in [0.2, 0.25) is 0 Å². The van der Waals surface area contributed by atoms with Gasteiger partial charge in [0.15, 0.2) is 0 Å². The Kier molecular flexibility index (Phi) is 3.25. The highest BCUT2D eigenvalue weighted by molar-refractivity contribution is 5.24. The van der Waals surface area contributed by atoms with Gasteiger partial charge in [0, 0.05) is 11.8 Å². The topological polar surface area (TPSA) is 80.9 Å². The zero-order chi connectivity index (χ0) is 12.8. The minimum Gasteiger partial charge on any atom is -0.392 e. The highest BCUT2D eigenvalue weighted by atomic mass is 16.4. The molecule has 0 aromatic rings. The molecule has 0 aliphatic heterocycles. The van der Waals surface area contributed by atoms with Crippen molar-refractivity contribution in [1.82, 2.24) is 0 Å². The lowest BCUT2D eigenvalue weighted by Gasteiger charge is -2.42. The summed E-state index contributed by atoms with van der Waals surface area (Å²) in [4.78, 5) is 0. The zero-order valence-corrected chi connectivity index (χ0v) is 10.3. The van der Waals surface area contributed by atoms with E-state index in [1.807, 2.05) is 0 Å². The van der Waals surface area contributed by atoms with Crippen LogP contribution in [0.3, 0.4) is 0 Å². The predicted molar refractivity (Wildman–Crippen MR) is 60.8 cm³/mol. The van der Waals surface area contributed by atoms with Gasteiger partial charge in [0.1, 0.15) is 5.60 Å². The number of hydrogen-bond donors (Lipinski definition) is 4. The van der Waals surface area contributed by atoms with Gasteiger partial charge in [-0.1, -0.05) is 26.0 Å². The van der Waals surface area contributed by atoms with Crippen LogP contribution in [-0.4, -0.2) is 43.8 Å². The Balaban J connectivity index is 3.16. The third kappa shape index (κ3) is 1.80. The van der Waals surface area contributed by atoms with E-state index in [1.54, 1.807) is 20.8 Å². The van der Waals surface area contributed by atoms with Crippen LogP contribution < -0.4 is 0 Å². The van der Waals surface area contributed by atoms with Crippen molar-refractivity contribution in [3.05, 3.63) is 12.2 Å². The minimum atomic E-state index is -1.55. The maximum absolute atomic E-state index is 10.6. The quantitative estimate of drug-likeness (QED) is 0.511. The van der Waals surface area contributed by atoms with Crippen molar-refractivity contribution in [3.8, 4) is 0 Å².